The topological polar surface area (TPSA) is 168 Å². The highest BCUT2D eigenvalue weighted by molar-refractivity contribution is 6.35. The highest BCUT2D eigenvalue weighted by Crippen LogP contribution is 2.38. The molecule has 2 fully saturated rings. The molecule has 1 aromatic carbocycles. The predicted molar refractivity (Wildman–Crippen MR) is 210 cm³/mol. The Hall–Kier alpha value is -5.11. The van der Waals surface area contributed by atoms with E-state index in [-0.39, 0.29) is 42.7 Å². The lowest BCUT2D eigenvalue weighted by atomic mass is 9.77. The third kappa shape index (κ3) is 9.77. The second-order valence-corrected chi connectivity index (χ2v) is 15.9. The van der Waals surface area contributed by atoms with Gasteiger partial charge in [0.15, 0.2) is 0 Å². The van der Waals surface area contributed by atoms with Crippen LogP contribution >= 0.6 is 11.6 Å². The molecule has 4 N–H and O–H groups in total. The van der Waals surface area contributed by atoms with Crippen molar-refractivity contribution in [3.63, 3.8) is 0 Å². The second kappa shape index (κ2) is 16.3. The molecule has 0 radical (unpaired) electrons. The molecule has 1 saturated carbocycles. The van der Waals surface area contributed by atoms with Crippen LogP contribution in [0.4, 0.5) is 10.5 Å². The summed E-state index contributed by atoms with van der Waals surface area (Å²) in [5.41, 5.74) is 4.31. The number of benzene rings is 1. The number of pyridine rings is 3. The Labute approximate surface area is 326 Å². The molecule has 290 valence electrons. The van der Waals surface area contributed by atoms with Gasteiger partial charge in [0.25, 0.3) is 5.91 Å². The number of halogens is 1. The molecule has 14 heteroatoms. The zero-order valence-corrected chi connectivity index (χ0v) is 32.8. The first kappa shape index (κ1) is 39.6. The van der Waals surface area contributed by atoms with Crippen LogP contribution in [0.25, 0.3) is 22.5 Å². The Morgan fingerprint density at radius 1 is 1.09 bits per heavy atom. The van der Waals surface area contributed by atoms with Gasteiger partial charge in [-0.25, -0.2) is 9.78 Å². The van der Waals surface area contributed by atoms with E-state index in [9.17, 15) is 19.5 Å². The van der Waals surface area contributed by atoms with Crippen LogP contribution in [0.5, 0.6) is 5.88 Å². The van der Waals surface area contributed by atoms with Crippen LogP contribution < -0.4 is 20.7 Å². The molecule has 2 aliphatic rings. The van der Waals surface area contributed by atoms with E-state index in [0.717, 1.165) is 16.7 Å². The Bertz CT molecular complexity index is 2060. The van der Waals surface area contributed by atoms with Gasteiger partial charge in [-0.3, -0.25) is 19.6 Å². The first-order valence-corrected chi connectivity index (χ1v) is 18.7. The minimum atomic E-state index is -0.706. The molecule has 3 aromatic heterocycles. The van der Waals surface area contributed by atoms with Crippen molar-refractivity contribution in [2.24, 2.45) is 0 Å². The molecule has 13 nitrogen and oxygen atoms in total. The van der Waals surface area contributed by atoms with Gasteiger partial charge in [0, 0.05) is 66.4 Å². The van der Waals surface area contributed by atoms with E-state index in [4.69, 9.17) is 26.1 Å². The largest absolute Gasteiger partial charge is 0.481 e. The zero-order valence-electron chi connectivity index (χ0n) is 32.0. The number of nitrogens with one attached hydrogen (secondary N) is 3. The molecule has 1 saturated heterocycles. The van der Waals surface area contributed by atoms with Crippen LogP contribution in [0.2, 0.25) is 5.02 Å². The second-order valence-electron chi connectivity index (χ2n) is 15.5. The molecule has 0 bridgehead atoms. The monoisotopic (exact) mass is 769 g/mol. The van der Waals surface area contributed by atoms with Gasteiger partial charge in [-0.1, -0.05) is 29.8 Å². The summed E-state index contributed by atoms with van der Waals surface area (Å²) in [5, 5.41) is 19.6. The third-order valence-corrected chi connectivity index (χ3v) is 10.1. The van der Waals surface area contributed by atoms with Crippen molar-refractivity contribution < 1.29 is 29.0 Å². The molecule has 55 heavy (non-hydrogen) atoms. The lowest BCUT2D eigenvalue weighted by molar-refractivity contribution is -0.119. The summed E-state index contributed by atoms with van der Waals surface area (Å²) >= 11 is 7.06. The Morgan fingerprint density at radius 2 is 1.87 bits per heavy atom. The van der Waals surface area contributed by atoms with E-state index >= 15 is 0 Å². The molecule has 1 atom stereocenters. The first-order chi connectivity index (χ1) is 26.1. The fourth-order valence-electron chi connectivity index (χ4n) is 6.85. The molecule has 0 unspecified atom stereocenters. The van der Waals surface area contributed by atoms with Crippen molar-refractivity contribution in [2.45, 2.75) is 96.7 Å². The maximum atomic E-state index is 13.3. The fourth-order valence-corrected chi connectivity index (χ4v) is 7.16. The normalized spacial score (nSPS) is 19.3. The average Bonchev–Trinajstić information content (AvgIpc) is 3.54. The summed E-state index contributed by atoms with van der Waals surface area (Å²) in [6.45, 7) is 10.2. The molecular weight excluding hydrogens is 722 g/mol. The van der Waals surface area contributed by atoms with Crippen LogP contribution in [0.15, 0.2) is 60.9 Å². The molecule has 6 rings (SSSR count). The van der Waals surface area contributed by atoms with Gasteiger partial charge in [-0.2, -0.15) is 0 Å². The molecule has 1 aliphatic carbocycles. The standard InChI is InChI=1S/C41H48ClN7O6/c1-24-29(8-7-9-31(24)47-37(51)33-13-10-25(21-45-33)20-44-28-18-41(5,53)19-28)36-35(42)30(16-17-43-36)32-14-11-26(38(48-32)54-6)22-49(39(52)55-40(2,3)4)23-27-12-15-34(50)46-27/h7-11,13-14,16-17,21,27-28,44,53H,12,15,18-20,22-23H2,1-6H3,(H,46,50)(H,47,51)/t27-,28?,41?/m0/s1. The van der Waals surface area contributed by atoms with Crippen LogP contribution in [0.3, 0.4) is 0 Å². The smallest absolute Gasteiger partial charge is 0.410 e. The van der Waals surface area contributed by atoms with Gasteiger partial charge in [-0.05, 0) is 95.3 Å². The molecule has 1 aliphatic heterocycles. The van der Waals surface area contributed by atoms with E-state index in [1.807, 2.05) is 50.2 Å². The third-order valence-electron chi connectivity index (χ3n) is 9.70. The number of hydrogen-bond donors (Lipinski definition) is 4. The van der Waals surface area contributed by atoms with Gasteiger partial charge in [-0.15, -0.1) is 0 Å². The van der Waals surface area contributed by atoms with E-state index < -0.39 is 17.3 Å². The van der Waals surface area contributed by atoms with Gasteiger partial charge >= 0.3 is 6.09 Å². The summed E-state index contributed by atoms with van der Waals surface area (Å²) in [5.74, 6) is -0.0816. The zero-order chi connectivity index (χ0) is 39.5. The van der Waals surface area contributed by atoms with Gasteiger partial charge in [0.1, 0.15) is 11.3 Å². The van der Waals surface area contributed by atoms with Crippen LogP contribution in [0, 0.1) is 6.92 Å². The number of methoxy groups -OCH3 is 1. The maximum absolute atomic E-state index is 13.3. The number of carbonyl (C=O) groups excluding carboxylic acids is 3. The maximum Gasteiger partial charge on any atom is 0.410 e. The SMILES string of the molecule is COc1nc(-c2ccnc(-c3cccc(NC(=O)c4ccc(CNC5CC(C)(O)C5)cn4)c3C)c2Cl)ccc1CN(C[C@@H]1CCC(=O)N1)C(=O)OC(C)(C)C. The van der Waals surface area contributed by atoms with Crippen molar-refractivity contribution in [1.29, 1.82) is 0 Å². The molecule has 4 aromatic rings. The Balaban J connectivity index is 1.18. The van der Waals surface area contributed by atoms with Crippen LogP contribution in [-0.2, 0) is 22.6 Å². The summed E-state index contributed by atoms with van der Waals surface area (Å²) in [6, 6.07) is 14.6. The number of nitrogens with zero attached hydrogens (tertiary/aromatic N) is 4. The lowest BCUT2D eigenvalue weighted by Crippen LogP contribution is -2.51. The van der Waals surface area contributed by atoms with Gasteiger partial charge < -0.3 is 35.4 Å². The highest BCUT2D eigenvalue weighted by Gasteiger charge is 2.37. The average molecular weight is 770 g/mol. The Morgan fingerprint density at radius 3 is 2.53 bits per heavy atom. The first-order valence-electron chi connectivity index (χ1n) is 18.4. The van der Waals surface area contributed by atoms with Gasteiger partial charge in [0.05, 0.1) is 35.7 Å². The van der Waals surface area contributed by atoms with Crippen molar-refractivity contribution in [2.75, 3.05) is 19.0 Å². The quantitative estimate of drug-likeness (QED) is 0.126. The van der Waals surface area contributed by atoms with Crippen molar-refractivity contribution >= 4 is 35.2 Å². The summed E-state index contributed by atoms with van der Waals surface area (Å²) in [6.07, 6.45) is 5.29. The molecule has 0 spiro atoms. The number of rotatable bonds is 12. The number of carbonyl (C=O) groups is 3. The lowest BCUT2D eigenvalue weighted by Gasteiger charge is -2.41. The minimum Gasteiger partial charge on any atom is -0.481 e. The number of aromatic nitrogens is 3. The molecule has 3 amide bonds. The predicted octanol–water partition coefficient (Wildman–Crippen LogP) is 6.45. The summed E-state index contributed by atoms with van der Waals surface area (Å²) < 4.78 is 11.4. The number of hydrogen-bond acceptors (Lipinski definition) is 10. The van der Waals surface area contributed by atoms with Crippen LogP contribution in [-0.4, -0.2) is 79.8 Å². The number of anilines is 1. The van der Waals surface area contributed by atoms with Crippen molar-refractivity contribution in [1.82, 2.24) is 30.5 Å². The van der Waals surface area contributed by atoms with Crippen molar-refractivity contribution in [3.8, 4) is 28.4 Å². The fraction of sp³-hybridized carbons (Fsp3) is 0.415. The van der Waals surface area contributed by atoms with E-state index in [0.29, 0.717) is 71.3 Å². The van der Waals surface area contributed by atoms with E-state index in [1.165, 1.54) is 7.11 Å². The highest BCUT2D eigenvalue weighted by atomic mass is 35.5. The van der Waals surface area contributed by atoms with Crippen LogP contribution in [0.1, 0.15) is 80.6 Å². The van der Waals surface area contributed by atoms with Crippen molar-refractivity contribution in [3.05, 3.63) is 88.3 Å². The minimum absolute atomic E-state index is 0.0395. The molecule has 4 heterocycles. The number of ether oxygens (including phenoxy) is 2. The number of aliphatic hydroxyl groups is 1. The van der Waals surface area contributed by atoms with E-state index in [2.05, 4.69) is 25.9 Å². The van der Waals surface area contributed by atoms with Gasteiger partial charge in [0.2, 0.25) is 11.8 Å². The Kier molecular flexibility index (Phi) is 11.7. The summed E-state index contributed by atoms with van der Waals surface area (Å²) in [4.78, 5) is 53.7. The summed E-state index contributed by atoms with van der Waals surface area (Å²) in [7, 11) is 1.51. The number of amides is 3. The van der Waals surface area contributed by atoms with E-state index in [1.54, 1.807) is 50.2 Å². The molecular formula is C41H48ClN7O6.